The highest BCUT2D eigenvalue weighted by Crippen LogP contribution is 2.16. The number of aliphatic carboxylic acids is 1. The van der Waals surface area contributed by atoms with Crippen molar-refractivity contribution in [3.63, 3.8) is 0 Å². The van der Waals surface area contributed by atoms with E-state index in [1.54, 1.807) is 6.92 Å². The van der Waals surface area contributed by atoms with E-state index < -0.39 is 65.1 Å². The van der Waals surface area contributed by atoms with Crippen LogP contribution in [0, 0.1) is 21.4 Å². The Bertz CT molecular complexity index is 1160. The van der Waals surface area contributed by atoms with Crippen molar-refractivity contribution in [1.29, 1.82) is 5.41 Å². The molecule has 43 heavy (non-hydrogen) atoms. The van der Waals surface area contributed by atoms with E-state index in [0.717, 1.165) is 0 Å². The van der Waals surface area contributed by atoms with E-state index in [4.69, 9.17) is 22.0 Å². The number of nitrogens with two attached hydrogens (primary N) is 2. The van der Waals surface area contributed by atoms with E-state index in [9.17, 15) is 34.1 Å². The molecule has 238 valence electrons. The van der Waals surface area contributed by atoms with E-state index >= 15 is 0 Å². The van der Waals surface area contributed by atoms with E-state index in [1.807, 2.05) is 6.92 Å². The number of guanidine groups is 1. The van der Waals surface area contributed by atoms with Gasteiger partial charge in [0.2, 0.25) is 23.6 Å². The van der Waals surface area contributed by atoms with Gasteiger partial charge in [0.05, 0.1) is 11.0 Å². The van der Waals surface area contributed by atoms with Gasteiger partial charge in [0.15, 0.2) is 5.96 Å². The summed E-state index contributed by atoms with van der Waals surface area (Å²) in [5.74, 6) is -4.52. The molecule has 0 aromatic heterocycles. The van der Waals surface area contributed by atoms with Crippen molar-refractivity contribution in [3.05, 3.63) is 34.4 Å². The van der Waals surface area contributed by atoms with Gasteiger partial charge in [-0.3, -0.25) is 39.5 Å². The summed E-state index contributed by atoms with van der Waals surface area (Å²) in [6, 6.07) is 0.518. The molecule has 0 aliphatic heterocycles. The highest BCUT2D eigenvalue weighted by Gasteiger charge is 2.30. The summed E-state index contributed by atoms with van der Waals surface area (Å²) in [6.07, 6.45) is 0.311. The van der Waals surface area contributed by atoms with Gasteiger partial charge >= 0.3 is 5.97 Å². The zero-order valence-corrected chi connectivity index (χ0v) is 24.3. The molecule has 0 spiro atoms. The highest BCUT2D eigenvalue weighted by atomic mass is 16.6. The molecule has 17 heteroatoms. The molecule has 4 amide bonds. The number of benzene rings is 1. The number of carboxylic acid groups (broad SMARTS) is 1. The second-order valence-electron chi connectivity index (χ2n) is 9.97. The number of carbonyl (C=O) groups excluding carboxylic acids is 4. The van der Waals surface area contributed by atoms with Crippen LogP contribution in [0.2, 0.25) is 0 Å². The predicted octanol–water partition coefficient (Wildman–Crippen LogP) is -0.491. The number of carbonyl (C=O) groups is 5. The molecule has 0 radical (unpaired) electrons. The summed E-state index contributed by atoms with van der Waals surface area (Å²) in [5, 5.41) is 39.8. The third-order valence-electron chi connectivity index (χ3n) is 6.56. The quantitative estimate of drug-likeness (QED) is 0.0337. The van der Waals surface area contributed by atoms with Crippen LogP contribution in [0.5, 0.6) is 0 Å². The Kier molecular flexibility index (Phi) is 15.1. The van der Waals surface area contributed by atoms with Gasteiger partial charge in [0.1, 0.15) is 18.1 Å². The lowest BCUT2D eigenvalue weighted by Gasteiger charge is -2.25. The smallest absolute Gasteiger partial charge is 0.303 e. The Hall–Kier alpha value is -4.80. The van der Waals surface area contributed by atoms with Crippen LogP contribution in [0.4, 0.5) is 11.4 Å². The minimum absolute atomic E-state index is 0.0935. The van der Waals surface area contributed by atoms with Gasteiger partial charge in [-0.1, -0.05) is 20.3 Å². The van der Waals surface area contributed by atoms with Crippen LogP contribution >= 0.6 is 0 Å². The fourth-order valence-electron chi connectivity index (χ4n) is 3.69. The van der Waals surface area contributed by atoms with Crippen molar-refractivity contribution >= 4 is 46.9 Å². The van der Waals surface area contributed by atoms with Gasteiger partial charge in [0, 0.05) is 30.8 Å². The number of anilines is 1. The van der Waals surface area contributed by atoms with Gasteiger partial charge < -0.3 is 43.2 Å². The topological polar surface area (TPSA) is 285 Å². The lowest BCUT2D eigenvalue weighted by molar-refractivity contribution is -0.384. The average Bonchev–Trinajstić information content (AvgIpc) is 2.95. The monoisotopic (exact) mass is 607 g/mol. The van der Waals surface area contributed by atoms with Crippen molar-refractivity contribution in [2.24, 2.45) is 17.4 Å². The van der Waals surface area contributed by atoms with Crippen LogP contribution in [0.1, 0.15) is 52.9 Å². The van der Waals surface area contributed by atoms with Crippen LogP contribution in [-0.2, 0) is 24.0 Å². The molecule has 1 aromatic rings. The van der Waals surface area contributed by atoms with Crippen molar-refractivity contribution in [2.45, 2.75) is 77.0 Å². The Morgan fingerprint density at radius 2 is 1.53 bits per heavy atom. The zero-order valence-electron chi connectivity index (χ0n) is 24.3. The van der Waals surface area contributed by atoms with Gasteiger partial charge in [-0.15, -0.1) is 0 Å². The lowest BCUT2D eigenvalue weighted by Crippen LogP contribution is -2.57. The maximum Gasteiger partial charge on any atom is 0.303 e. The molecule has 0 aliphatic carbocycles. The largest absolute Gasteiger partial charge is 0.481 e. The van der Waals surface area contributed by atoms with Crippen molar-refractivity contribution in [3.8, 4) is 0 Å². The molecular formula is C26H41N9O8. The maximum atomic E-state index is 13.0. The number of nitro benzene ring substituents is 1. The lowest BCUT2D eigenvalue weighted by atomic mass is 9.98. The van der Waals surface area contributed by atoms with E-state index in [-0.39, 0.29) is 42.6 Å². The van der Waals surface area contributed by atoms with Gasteiger partial charge in [-0.25, -0.2) is 0 Å². The van der Waals surface area contributed by atoms with Crippen molar-refractivity contribution in [2.75, 3.05) is 11.9 Å². The van der Waals surface area contributed by atoms with Crippen LogP contribution in [0.3, 0.4) is 0 Å². The Labute approximate surface area is 248 Å². The molecule has 0 saturated heterocycles. The Balaban J connectivity index is 2.97. The molecule has 1 aromatic carbocycles. The third kappa shape index (κ3) is 13.2. The molecule has 11 N–H and O–H groups in total. The molecule has 0 unspecified atom stereocenters. The number of nitrogens with one attached hydrogen (secondary N) is 6. The fraction of sp³-hybridized carbons (Fsp3) is 0.538. The minimum atomic E-state index is -1.28. The number of nitrogens with zero attached hydrogens (tertiary/aromatic N) is 1. The second-order valence-corrected chi connectivity index (χ2v) is 9.97. The molecule has 1 rings (SSSR count). The third-order valence-corrected chi connectivity index (χ3v) is 6.56. The van der Waals surface area contributed by atoms with Crippen LogP contribution in [0.25, 0.3) is 0 Å². The van der Waals surface area contributed by atoms with E-state index in [2.05, 4.69) is 26.6 Å². The summed E-state index contributed by atoms with van der Waals surface area (Å²) in [7, 11) is 0. The SMILES string of the molecule is CC[C@H](C)[C@H](N)C(=O)N[C@@H](CCC(=O)O)C(=O)N[C@@H](C)C(=O)N[C@@H](CCCNC(=N)N)C(=O)Nc1ccc([N+](=O)[O-])cc1. The van der Waals surface area contributed by atoms with E-state index in [1.165, 1.54) is 31.2 Å². The standard InChI is InChI=1S/C26H41N9O8/c1-4-14(2)21(27)25(41)34-19(11-12-20(36)37)23(39)31-15(3)22(38)33-18(6-5-13-30-26(28)29)24(40)32-16-7-9-17(10-8-16)35(42)43/h7-10,14-15,18-19,21H,4-6,11-13,27H2,1-3H3,(H,31,39)(H,32,40)(H,33,38)(H,34,41)(H,36,37)(H4,28,29,30)/t14-,15-,18-,19-,21-/m0/s1. The number of non-ortho nitro benzene ring substituents is 1. The first-order valence-corrected chi connectivity index (χ1v) is 13.7. The predicted molar refractivity (Wildman–Crippen MR) is 157 cm³/mol. The first-order chi connectivity index (χ1) is 20.2. The van der Waals surface area contributed by atoms with Crippen LogP contribution in [-0.4, -0.2) is 76.3 Å². The molecule has 0 heterocycles. The van der Waals surface area contributed by atoms with Crippen molar-refractivity contribution in [1.82, 2.24) is 21.3 Å². The summed E-state index contributed by atoms with van der Waals surface area (Å²) < 4.78 is 0. The number of rotatable bonds is 18. The minimum Gasteiger partial charge on any atom is -0.481 e. The Morgan fingerprint density at radius 1 is 0.953 bits per heavy atom. The molecule has 0 fully saturated rings. The molecule has 0 saturated carbocycles. The Morgan fingerprint density at radius 3 is 2.07 bits per heavy atom. The second kappa shape index (κ2) is 17.9. The summed E-state index contributed by atoms with van der Waals surface area (Å²) in [4.78, 5) is 73.0. The first kappa shape index (κ1) is 36.2. The number of hydrogen-bond acceptors (Lipinski definition) is 9. The summed E-state index contributed by atoms with van der Waals surface area (Å²) in [6.45, 7) is 5.17. The number of nitro groups is 1. The van der Waals surface area contributed by atoms with Crippen molar-refractivity contribution < 1.29 is 34.0 Å². The molecule has 17 nitrogen and oxygen atoms in total. The van der Waals surface area contributed by atoms with Crippen LogP contribution < -0.4 is 38.1 Å². The number of amides is 4. The highest BCUT2D eigenvalue weighted by molar-refractivity contribution is 5.99. The number of hydrogen-bond donors (Lipinski definition) is 9. The molecule has 5 atom stereocenters. The van der Waals surface area contributed by atoms with Gasteiger partial charge in [-0.2, -0.15) is 0 Å². The van der Waals surface area contributed by atoms with Crippen LogP contribution in [0.15, 0.2) is 24.3 Å². The normalized spacial score (nSPS) is 14.1. The summed E-state index contributed by atoms with van der Waals surface area (Å²) >= 11 is 0. The zero-order chi connectivity index (χ0) is 32.7. The molecule has 0 bridgehead atoms. The van der Waals surface area contributed by atoms with Gasteiger partial charge in [-0.05, 0) is 44.2 Å². The summed E-state index contributed by atoms with van der Waals surface area (Å²) in [5.41, 5.74) is 11.3. The average molecular weight is 608 g/mol. The fourth-order valence-corrected chi connectivity index (χ4v) is 3.69. The first-order valence-electron chi connectivity index (χ1n) is 13.7. The molecular weight excluding hydrogens is 566 g/mol. The maximum absolute atomic E-state index is 13.0. The molecule has 0 aliphatic rings. The number of carboxylic acids is 1. The van der Waals surface area contributed by atoms with E-state index in [0.29, 0.717) is 12.8 Å². The van der Waals surface area contributed by atoms with Gasteiger partial charge in [0.25, 0.3) is 5.69 Å².